The fourth-order valence-corrected chi connectivity index (χ4v) is 1.86. The van der Waals surface area contributed by atoms with Crippen molar-refractivity contribution in [3.05, 3.63) is 29.3 Å². The molecule has 0 heterocycles. The van der Waals surface area contributed by atoms with E-state index in [0.717, 1.165) is 17.5 Å². The predicted molar refractivity (Wildman–Crippen MR) is 69.2 cm³/mol. The summed E-state index contributed by atoms with van der Waals surface area (Å²) in [6.45, 7) is 5.33. The first-order chi connectivity index (χ1) is 8.54. The molecule has 0 fully saturated rings. The van der Waals surface area contributed by atoms with Gasteiger partial charge in [-0.15, -0.1) is 0 Å². The van der Waals surface area contributed by atoms with Crippen LogP contribution in [-0.2, 0) is 0 Å². The Bertz CT molecular complexity index is 505. The van der Waals surface area contributed by atoms with Crippen molar-refractivity contribution in [2.75, 3.05) is 4.90 Å². The molecule has 0 radical (unpaired) electrons. The van der Waals surface area contributed by atoms with Gasteiger partial charge in [-0.2, -0.15) is 10.5 Å². The molecule has 18 heavy (non-hydrogen) atoms. The molecule has 2 unspecified atom stereocenters. The maximum Gasteiger partial charge on any atom is 0.150 e. The van der Waals surface area contributed by atoms with Gasteiger partial charge in [0.05, 0.1) is 12.1 Å². The summed E-state index contributed by atoms with van der Waals surface area (Å²) >= 11 is 0. The molecule has 0 saturated carbocycles. The highest BCUT2D eigenvalue weighted by Crippen LogP contribution is 2.22. The second-order valence-corrected chi connectivity index (χ2v) is 4.18. The van der Waals surface area contributed by atoms with Gasteiger partial charge in [-0.25, -0.2) is 0 Å². The Labute approximate surface area is 107 Å². The van der Waals surface area contributed by atoms with Crippen LogP contribution < -0.4 is 4.90 Å². The van der Waals surface area contributed by atoms with Gasteiger partial charge < -0.3 is 4.90 Å². The van der Waals surface area contributed by atoms with Gasteiger partial charge in [0.15, 0.2) is 0 Å². The lowest BCUT2D eigenvalue weighted by atomic mass is 10.1. The molecule has 0 aromatic heterocycles. The van der Waals surface area contributed by atoms with E-state index in [4.69, 9.17) is 10.5 Å². The molecule has 0 aliphatic carbocycles. The van der Waals surface area contributed by atoms with Crippen molar-refractivity contribution in [2.24, 2.45) is 0 Å². The van der Waals surface area contributed by atoms with E-state index < -0.39 is 12.1 Å². The summed E-state index contributed by atoms with van der Waals surface area (Å²) in [6.07, 6.45) is 0.797. The molecular weight excluding hydrogens is 226 g/mol. The number of nitrogens with zero attached hydrogens (tertiary/aromatic N) is 3. The van der Waals surface area contributed by atoms with Crippen molar-refractivity contribution in [3.8, 4) is 12.1 Å². The fourth-order valence-electron chi connectivity index (χ4n) is 1.86. The molecule has 0 aliphatic heterocycles. The van der Waals surface area contributed by atoms with Crippen LogP contribution in [0.2, 0.25) is 0 Å². The molecule has 4 nitrogen and oxygen atoms in total. The first kappa shape index (κ1) is 13.7. The number of hydrogen-bond acceptors (Lipinski definition) is 4. The Kier molecular flexibility index (Phi) is 4.45. The largest absolute Gasteiger partial charge is 0.340 e. The van der Waals surface area contributed by atoms with Crippen LogP contribution in [0.15, 0.2) is 18.2 Å². The minimum absolute atomic E-state index is 0.402. The van der Waals surface area contributed by atoms with E-state index in [9.17, 15) is 4.79 Å². The van der Waals surface area contributed by atoms with Crippen LogP contribution in [0.25, 0.3) is 0 Å². The summed E-state index contributed by atoms with van der Waals surface area (Å²) in [5.41, 5.74) is 2.23. The molecular formula is C14H15N3O. The lowest BCUT2D eigenvalue weighted by Gasteiger charge is -2.29. The maximum atomic E-state index is 10.8. The number of rotatable bonds is 4. The number of carbonyl (C=O) groups is 1. The summed E-state index contributed by atoms with van der Waals surface area (Å²) in [6, 6.07) is 8.75. The van der Waals surface area contributed by atoms with E-state index in [1.165, 1.54) is 0 Å². The molecule has 0 bridgehead atoms. The molecule has 2 atom stereocenters. The fraction of sp³-hybridized carbons (Fsp3) is 0.357. The maximum absolute atomic E-state index is 10.8. The van der Waals surface area contributed by atoms with E-state index in [-0.39, 0.29) is 0 Å². The van der Waals surface area contributed by atoms with Crippen molar-refractivity contribution in [1.29, 1.82) is 10.5 Å². The molecule has 0 amide bonds. The van der Waals surface area contributed by atoms with E-state index in [0.29, 0.717) is 5.56 Å². The second-order valence-electron chi connectivity index (χ2n) is 4.18. The van der Waals surface area contributed by atoms with Crippen LogP contribution in [0.3, 0.4) is 0 Å². The molecule has 0 saturated heterocycles. The van der Waals surface area contributed by atoms with Gasteiger partial charge in [-0.05, 0) is 44.5 Å². The van der Waals surface area contributed by atoms with E-state index in [2.05, 4.69) is 12.1 Å². The lowest BCUT2D eigenvalue weighted by molar-refractivity contribution is 0.112. The van der Waals surface area contributed by atoms with Crippen LogP contribution in [0, 0.1) is 29.6 Å². The standard InChI is InChI=1S/C14H15N3O/c1-10-6-14(5-4-13(10)9-18)17(11(2)7-15)12(3)8-16/h4-6,9,11-12H,1-3H3. The highest BCUT2D eigenvalue weighted by Gasteiger charge is 2.20. The highest BCUT2D eigenvalue weighted by atomic mass is 16.1. The normalized spacial score (nSPS) is 12.9. The Morgan fingerprint density at radius 3 is 2.17 bits per heavy atom. The van der Waals surface area contributed by atoms with E-state index in [1.807, 2.05) is 13.0 Å². The average molecular weight is 241 g/mol. The van der Waals surface area contributed by atoms with Gasteiger partial charge in [-0.3, -0.25) is 4.79 Å². The third-order valence-electron chi connectivity index (χ3n) is 2.89. The van der Waals surface area contributed by atoms with Gasteiger partial charge in [0, 0.05) is 11.3 Å². The van der Waals surface area contributed by atoms with Gasteiger partial charge in [0.2, 0.25) is 0 Å². The topological polar surface area (TPSA) is 67.9 Å². The molecule has 0 N–H and O–H groups in total. The third kappa shape index (κ3) is 2.67. The van der Waals surface area contributed by atoms with Gasteiger partial charge in [-0.1, -0.05) is 0 Å². The molecule has 0 spiro atoms. The number of carbonyl (C=O) groups excluding carboxylic acids is 1. The Balaban J connectivity index is 3.23. The average Bonchev–Trinajstić information content (AvgIpc) is 2.38. The van der Waals surface area contributed by atoms with Gasteiger partial charge in [0.1, 0.15) is 18.4 Å². The zero-order valence-corrected chi connectivity index (χ0v) is 10.7. The molecule has 92 valence electrons. The van der Waals surface area contributed by atoms with E-state index >= 15 is 0 Å². The van der Waals surface area contributed by atoms with Crippen molar-refractivity contribution < 1.29 is 4.79 Å². The van der Waals surface area contributed by atoms with Gasteiger partial charge >= 0.3 is 0 Å². The van der Waals surface area contributed by atoms with Crippen molar-refractivity contribution in [1.82, 2.24) is 0 Å². The number of aryl methyl sites for hydroxylation is 1. The summed E-state index contributed by atoms with van der Waals surface area (Å²) in [4.78, 5) is 12.5. The minimum Gasteiger partial charge on any atom is -0.340 e. The van der Waals surface area contributed by atoms with Crippen LogP contribution in [0.4, 0.5) is 5.69 Å². The Morgan fingerprint density at radius 2 is 1.78 bits per heavy atom. The first-order valence-electron chi connectivity index (χ1n) is 5.68. The summed E-state index contributed by atoms with van der Waals surface area (Å²) in [7, 11) is 0. The summed E-state index contributed by atoms with van der Waals surface area (Å²) in [5.74, 6) is 0. The number of aldehydes is 1. The van der Waals surface area contributed by atoms with Crippen LogP contribution in [0.5, 0.6) is 0 Å². The van der Waals surface area contributed by atoms with Crippen molar-refractivity contribution >= 4 is 12.0 Å². The lowest BCUT2D eigenvalue weighted by Crippen LogP contribution is -2.39. The number of benzene rings is 1. The highest BCUT2D eigenvalue weighted by molar-refractivity contribution is 5.78. The number of hydrogen-bond donors (Lipinski definition) is 0. The van der Waals surface area contributed by atoms with Crippen LogP contribution >= 0.6 is 0 Å². The van der Waals surface area contributed by atoms with Crippen molar-refractivity contribution in [2.45, 2.75) is 32.9 Å². The monoisotopic (exact) mass is 241 g/mol. The smallest absolute Gasteiger partial charge is 0.150 e. The van der Waals surface area contributed by atoms with E-state index in [1.54, 1.807) is 30.9 Å². The third-order valence-corrected chi connectivity index (χ3v) is 2.89. The van der Waals surface area contributed by atoms with Crippen LogP contribution in [0.1, 0.15) is 29.8 Å². The predicted octanol–water partition coefficient (Wildman–Crippen LogP) is 2.44. The number of anilines is 1. The quantitative estimate of drug-likeness (QED) is 0.759. The molecule has 1 rings (SSSR count). The Hall–Kier alpha value is -2.33. The first-order valence-corrected chi connectivity index (χ1v) is 5.68. The molecule has 1 aromatic rings. The molecule has 1 aromatic carbocycles. The zero-order chi connectivity index (χ0) is 13.7. The summed E-state index contributed by atoms with van der Waals surface area (Å²) in [5, 5.41) is 18.0. The SMILES string of the molecule is Cc1cc(N(C(C)C#N)C(C)C#N)ccc1C=O. The zero-order valence-electron chi connectivity index (χ0n) is 10.7. The Morgan fingerprint density at radius 1 is 1.22 bits per heavy atom. The second kappa shape index (κ2) is 5.84. The molecule has 4 heteroatoms. The van der Waals surface area contributed by atoms with Crippen LogP contribution in [-0.4, -0.2) is 18.4 Å². The minimum atomic E-state index is -0.402. The summed E-state index contributed by atoms with van der Waals surface area (Å²) < 4.78 is 0. The molecule has 0 aliphatic rings. The van der Waals surface area contributed by atoms with Gasteiger partial charge in [0.25, 0.3) is 0 Å². The van der Waals surface area contributed by atoms with Crippen molar-refractivity contribution in [3.63, 3.8) is 0 Å². The number of nitriles is 2.